The molecule has 20 heteroatoms. The van der Waals surface area contributed by atoms with Crippen molar-refractivity contribution in [3.05, 3.63) is 172 Å². The number of hydrogen-bond donors (Lipinski definition) is 3. The van der Waals surface area contributed by atoms with Gasteiger partial charge < -0.3 is 34.8 Å². The number of aryl methyl sites for hydroxylation is 2. The third-order valence-electron chi connectivity index (χ3n) is 8.41. The zero-order valence-corrected chi connectivity index (χ0v) is 34.4. The summed E-state index contributed by atoms with van der Waals surface area (Å²) in [4.78, 5) is 52.7. The number of hydrogen-bond acceptors (Lipinski definition) is 10. The number of amides is 1. The summed E-state index contributed by atoms with van der Waals surface area (Å²) < 4.78 is 68.0. The predicted molar refractivity (Wildman–Crippen MR) is 213 cm³/mol. The molecule has 0 spiro atoms. The Bertz CT molecular complexity index is 2580. The van der Waals surface area contributed by atoms with Crippen molar-refractivity contribution in [2.75, 3.05) is 0 Å². The first-order valence-electron chi connectivity index (χ1n) is 17.3. The second kappa shape index (κ2) is 20.1. The molecular formula is C39H34Br2F4N8O6. The zero-order valence-electron chi connectivity index (χ0n) is 31.2. The summed E-state index contributed by atoms with van der Waals surface area (Å²) in [5.41, 5.74) is 8.55. The van der Waals surface area contributed by atoms with Crippen LogP contribution < -0.4 is 31.6 Å². The molecule has 0 bridgehead atoms. The molecule has 0 aliphatic heterocycles. The molecule has 0 saturated heterocycles. The van der Waals surface area contributed by atoms with Gasteiger partial charge in [0.2, 0.25) is 0 Å². The van der Waals surface area contributed by atoms with Crippen LogP contribution in [-0.2, 0) is 39.4 Å². The fraction of sp³-hybridized carbons (Fsp3) is 0.205. The van der Waals surface area contributed by atoms with Gasteiger partial charge in [-0.1, -0.05) is 0 Å². The maximum atomic E-state index is 13.8. The number of halogens is 6. The maximum Gasteiger partial charge on any atom is 0.404 e. The molecule has 6 rings (SSSR count). The number of benzene rings is 2. The highest BCUT2D eigenvalue weighted by Gasteiger charge is 2.16. The van der Waals surface area contributed by atoms with Crippen LogP contribution in [-0.4, -0.2) is 40.3 Å². The number of carbonyl (C=O) groups is 1. The van der Waals surface area contributed by atoms with Crippen LogP contribution in [0.4, 0.5) is 22.4 Å². The van der Waals surface area contributed by atoms with Crippen LogP contribution in [0.15, 0.2) is 91.9 Å². The Morgan fingerprint density at radius 2 is 1.10 bits per heavy atom. The van der Waals surface area contributed by atoms with Gasteiger partial charge in [-0.2, -0.15) is 0 Å². The normalized spacial score (nSPS) is 10.8. The highest BCUT2D eigenvalue weighted by atomic mass is 79.9. The molecule has 2 aromatic carbocycles. The van der Waals surface area contributed by atoms with Crippen LogP contribution in [0.1, 0.15) is 45.3 Å². The number of nitrogens with zero attached hydrogens (tertiary/aromatic N) is 6. The highest BCUT2D eigenvalue weighted by molar-refractivity contribution is 9.10. The predicted octanol–water partition coefficient (Wildman–Crippen LogP) is 6.46. The second-order valence-electron chi connectivity index (χ2n) is 12.6. The summed E-state index contributed by atoms with van der Waals surface area (Å²) in [5, 5.41) is 10.8. The maximum absolute atomic E-state index is 13.8. The molecular weight excluding hydrogens is 912 g/mol. The topological polar surface area (TPSA) is 189 Å². The van der Waals surface area contributed by atoms with E-state index in [-0.39, 0.29) is 75.5 Å². The molecule has 4 aromatic heterocycles. The van der Waals surface area contributed by atoms with Crippen LogP contribution >= 0.6 is 31.9 Å². The molecule has 0 atom stereocenters. The fourth-order valence-electron chi connectivity index (χ4n) is 5.23. The quantitative estimate of drug-likeness (QED) is 0.108. The van der Waals surface area contributed by atoms with Crippen molar-refractivity contribution in [3.8, 4) is 11.5 Å². The molecule has 308 valence electrons. The van der Waals surface area contributed by atoms with Crippen molar-refractivity contribution in [2.45, 2.75) is 53.2 Å². The van der Waals surface area contributed by atoms with Crippen molar-refractivity contribution in [2.24, 2.45) is 5.73 Å². The van der Waals surface area contributed by atoms with Crippen molar-refractivity contribution in [1.82, 2.24) is 34.4 Å². The van der Waals surface area contributed by atoms with Gasteiger partial charge in [0.1, 0.15) is 56.9 Å². The molecule has 0 saturated carbocycles. The molecule has 59 heavy (non-hydrogen) atoms. The third-order valence-corrected chi connectivity index (χ3v) is 9.87. The Hall–Kier alpha value is -5.99. The molecule has 14 nitrogen and oxygen atoms in total. The van der Waals surface area contributed by atoms with Gasteiger partial charge in [-0.3, -0.25) is 29.5 Å². The van der Waals surface area contributed by atoms with Gasteiger partial charge in [-0.05, 0) is 70.0 Å². The molecule has 1 amide bonds. The van der Waals surface area contributed by atoms with E-state index < -0.39 is 29.4 Å². The summed E-state index contributed by atoms with van der Waals surface area (Å²) in [7, 11) is 0. The van der Waals surface area contributed by atoms with E-state index in [0.29, 0.717) is 40.7 Å². The van der Waals surface area contributed by atoms with Crippen LogP contribution in [0.2, 0.25) is 0 Å². The number of carboxylic acid groups (broad SMARTS) is 1. The summed E-state index contributed by atoms with van der Waals surface area (Å²) >= 11 is 6.46. The monoisotopic (exact) mass is 944 g/mol. The average Bonchev–Trinajstić information content (AvgIpc) is 3.21. The molecule has 4 heterocycles. The van der Waals surface area contributed by atoms with E-state index in [1.807, 2.05) is 0 Å². The van der Waals surface area contributed by atoms with Crippen molar-refractivity contribution in [1.29, 1.82) is 0 Å². The molecule has 4 N–H and O–H groups in total. The van der Waals surface area contributed by atoms with Gasteiger partial charge in [0.25, 0.3) is 11.1 Å². The molecule has 0 aliphatic rings. The molecule has 6 aromatic rings. The van der Waals surface area contributed by atoms with E-state index >= 15 is 0 Å². The lowest BCUT2D eigenvalue weighted by Gasteiger charge is -2.14. The minimum Gasteiger partial charge on any atom is -0.487 e. The first-order chi connectivity index (χ1) is 28.1. The van der Waals surface area contributed by atoms with Gasteiger partial charge in [-0.15, -0.1) is 0 Å². The van der Waals surface area contributed by atoms with Gasteiger partial charge in [-0.25, -0.2) is 22.4 Å². The number of nitrogens with one attached hydrogen (secondary N) is 1. The van der Waals surface area contributed by atoms with E-state index in [1.165, 1.54) is 33.7 Å². The Balaban J connectivity index is 0.000000225. The van der Waals surface area contributed by atoms with E-state index in [4.69, 9.17) is 20.3 Å². The van der Waals surface area contributed by atoms with Crippen LogP contribution in [0, 0.1) is 37.1 Å². The minimum absolute atomic E-state index is 0.0217. The standard InChI is InChI=1S/C20H17BrF2N4O4.C19H17BrF2N4O2/c1-11-4-17(31-10-12-2-3-13(22)5-16(12)23)18(21)19(28)27(11)9-15-8-24-14(6-25-15)7-26-20(29)30;1-11-4-17(28-10-12-2-3-13(21)5-16(12)22)18(20)19(27)26(11)9-15-8-24-14(6-23)7-25-15/h2-6,8,26H,7,9-10H2,1H3,(H,29,30);2-5,7-8H,6,9-10,23H2,1H3. The average molecular weight is 947 g/mol. The molecule has 0 aliphatic carbocycles. The van der Waals surface area contributed by atoms with Crippen molar-refractivity contribution >= 4 is 38.0 Å². The van der Waals surface area contributed by atoms with Crippen LogP contribution in [0.5, 0.6) is 11.5 Å². The first-order valence-corrected chi connectivity index (χ1v) is 18.9. The van der Waals surface area contributed by atoms with E-state index in [2.05, 4.69) is 57.1 Å². The second-order valence-corrected chi connectivity index (χ2v) is 14.2. The number of rotatable bonds is 13. The first kappa shape index (κ1) is 44.1. The third kappa shape index (κ3) is 11.8. The van der Waals surface area contributed by atoms with Crippen LogP contribution in [0.3, 0.4) is 0 Å². The molecule has 0 unspecified atom stereocenters. The summed E-state index contributed by atoms with van der Waals surface area (Å²) in [6.07, 6.45) is 4.86. The summed E-state index contributed by atoms with van der Waals surface area (Å²) in [6, 6.07) is 9.69. The number of nitrogens with two attached hydrogens (primary N) is 1. The lowest BCUT2D eigenvalue weighted by molar-refractivity contribution is 0.194. The van der Waals surface area contributed by atoms with Gasteiger partial charge >= 0.3 is 6.09 Å². The summed E-state index contributed by atoms with van der Waals surface area (Å²) in [6.45, 7) is 3.82. The zero-order chi connectivity index (χ0) is 42.8. The Morgan fingerprint density at radius 1 is 0.695 bits per heavy atom. The Labute approximate surface area is 350 Å². The number of ether oxygens (including phenoxy) is 2. The van der Waals surface area contributed by atoms with Crippen molar-refractivity contribution < 1.29 is 36.9 Å². The lowest BCUT2D eigenvalue weighted by atomic mass is 10.2. The summed E-state index contributed by atoms with van der Waals surface area (Å²) in [5.74, 6) is -2.29. The van der Waals surface area contributed by atoms with E-state index in [0.717, 1.165) is 24.3 Å². The van der Waals surface area contributed by atoms with Gasteiger partial charge in [0.15, 0.2) is 0 Å². The largest absolute Gasteiger partial charge is 0.487 e. The molecule has 0 radical (unpaired) electrons. The molecule has 0 fully saturated rings. The Morgan fingerprint density at radius 3 is 1.47 bits per heavy atom. The fourth-order valence-corrected chi connectivity index (χ4v) is 6.12. The van der Waals surface area contributed by atoms with Crippen molar-refractivity contribution in [3.63, 3.8) is 0 Å². The lowest BCUT2D eigenvalue weighted by Crippen LogP contribution is -2.25. The van der Waals surface area contributed by atoms with Crippen LogP contribution in [0.25, 0.3) is 0 Å². The highest BCUT2D eigenvalue weighted by Crippen LogP contribution is 2.26. The minimum atomic E-state index is -1.16. The number of aromatic nitrogens is 6. The van der Waals surface area contributed by atoms with E-state index in [9.17, 15) is 31.9 Å². The Kier molecular flexibility index (Phi) is 15.0. The van der Waals surface area contributed by atoms with E-state index in [1.54, 1.807) is 38.4 Å². The van der Waals surface area contributed by atoms with Gasteiger partial charge in [0, 0.05) is 53.3 Å². The number of pyridine rings is 2. The smallest absolute Gasteiger partial charge is 0.404 e. The SMILES string of the molecule is Cc1cc(OCc2ccc(F)cc2F)c(Br)c(=O)n1Cc1cnc(CN)cn1.Cc1cc(OCc2ccc(F)cc2F)c(Br)c(=O)n1Cc1cnc(CNC(=O)O)cn1. The van der Waals surface area contributed by atoms with Gasteiger partial charge in [0.05, 0.1) is 67.2 Å².